The van der Waals surface area contributed by atoms with Crippen molar-refractivity contribution in [3.05, 3.63) is 45.3 Å². The third-order valence-electron chi connectivity index (χ3n) is 2.45. The Morgan fingerprint density at radius 2 is 1.95 bits per heavy atom. The van der Waals surface area contributed by atoms with Crippen molar-refractivity contribution in [1.82, 2.24) is 0 Å². The van der Waals surface area contributed by atoms with Crippen LogP contribution in [0.25, 0.3) is 0 Å². The lowest BCUT2D eigenvalue weighted by molar-refractivity contribution is 0.603. The van der Waals surface area contributed by atoms with Crippen LogP contribution >= 0.6 is 34.5 Å². The average Bonchev–Trinajstić information content (AvgIpc) is 2.84. The summed E-state index contributed by atoms with van der Waals surface area (Å²) in [6, 6.07) is 8.20. The molecular formula is C12H11Cl2NO2S2. The maximum atomic E-state index is 12.2. The molecule has 0 bridgehead atoms. The maximum Gasteiger partial charge on any atom is 0.271 e. The van der Waals surface area contributed by atoms with Crippen molar-refractivity contribution in [3.8, 4) is 0 Å². The van der Waals surface area contributed by atoms with Gasteiger partial charge in [0.15, 0.2) is 0 Å². The molecule has 2 rings (SSSR count). The molecule has 0 atom stereocenters. The van der Waals surface area contributed by atoms with E-state index in [1.165, 1.54) is 11.3 Å². The number of rotatable bonds is 4. The number of hydrogen-bond acceptors (Lipinski definition) is 3. The first kappa shape index (κ1) is 14.7. The van der Waals surface area contributed by atoms with Crippen molar-refractivity contribution >= 4 is 50.2 Å². The van der Waals surface area contributed by atoms with E-state index in [-0.39, 0.29) is 14.9 Å². The standard InChI is InChI=1S/C12H11Cl2NO2S2/c1-2-8-6-7-11(18-8)19(16,17)15-10-5-3-4-9(13)12(10)14/h3-7,15H,2H2,1H3. The summed E-state index contributed by atoms with van der Waals surface area (Å²) in [6.07, 6.45) is 0.804. The quantitative estimate of drug-likeness (QED) is 0.898. The van der Waals surface area contributed by atoms with Crippen LogP contribution in [0.15, 0.2) is 34.5 Å². The van der Waals surface area contributed by atoms with Gasteiger partial charge in [0.2, 0.25) is 0 Å². The van der Waals surface area contributed by atoms with Crippen molar-refractivity contribution in [3.63, 3.8) is 0 Å². The summed E-state index contributed by atoms with van der Waals surface area (Å²) in [4.78, 5) is 1.01. The summed E-state index contributed by atoms with van der Waals surface area (Å²) >= 11 is 13.1. The Morgan fingerprint density at radius 3 is 2.58 bits per heavy atom. The molecule has 19 heavy (non-hydrogen) atoms. The number of anilines is 1. The van der Waals surface area contributed by atoms with E-state index >= 15 is 0 Å². The van der Waals surface area contributed by atoms with E-state index in [1.54, 1.807) is 30.3 Å². The van der Waals surface area contributed by atoms with Crippen molar-refractivity contribution < 1.29 is 8.42 Å². The zero-order valence-electron chi connectivity index (χ0n) is 9.98. The number of hydrogen-bond donors (Lipinski definition) is 1. The van der Waals surface area contributed by atoms with Gasteiger partial charge in [-0.05, 0) is 30.7 Å². The second kappa shape index (κ2) is 5.71. The minimum atomic E-state index is -3.62. The van der Waals surface area contributed by atoms with Gasteiger partial charge in [-0.15, -0.1) is 11.3 Å². The molecule has 2 aromatic rings. The Kier molecular flexibility index (Phi) is 4.40. The summed E-state index contributed by atoms with van der Waals surface area (Å²) in [5.41, 5.74) is 0.278. The van der Waals surface area contributed by atoms with Gasteiger partial charge in [0.25, 0.3) is 10.0 Å². The second-order valence-electron chi connectivity index (χ2n) is 3.78. The molecule has 0 aliphatic rings. The topological polar surface area (TPSA) is 46.2 Å². The second-order valence-corrected chi connectivity index (χ2v) is 7.64. The zero-order valence-corrected chi connectivity index (χ0v) is 13.1. The van der Waals surface area contributed by atoms with Crippen LogP contribution in [0.2, 0.25) is 10.0 Å². The molecule has 1 heterocycles. The number of halogens is 2. The zero-order chi connectivity index (χ0) is 14.0. The summed E-state index contributed by atoms with van der Waals surface area (Å²) < 4.78 is 27.1. The highest BCUT2D eigenvalue weighted by molar-refractivity contribution is 7.94. The number of aryl methyl sites for hydroxylation is 1. The van der Waals surface area contributed by atoms with Gasteiger partial charge in [0.05, 0.1) is 15.7 Å². The fraction of sp³-hybridized carbons (Fsp3) is 0.167. The van der Waals surface area contributed by atoms with Crippen molar-refractivity contribution in [2.45, 2.75) is 17.6 Å². The maximum absolute atomic E-state index is 12.2. The number of benzene rings is 1. The summed E-state index contributed by atoms with van der Waals surface area (Å²) in [5, 5.41) is 0.502. The van der Waals surface area contributed by atoms with Gasteiger partial charge < -0.3 is 0 Å². The smallest absolute Gasteiger partial charge is 0.271 e. The van der Waals surface area contributed by atoms with E-state index in [0.717, 1.165) is 11.3 Å². The predicted octanol–water partition coefficient (Wildman–Crippen LogP) is 4.42. The van der Waals surface area contributed by atoms with Crippen LogP contribution in [0, 0.1) is 0 Å². The molecule has 7 heteroatoms. The van der Waals surface area contributed by atoms with E-state index in [2.05, 4.69) is 4.72 Å². The molecule has 1 N–H and O–H groups in total. The normalized spacial score (nSPS) is 11.5. The lowest BCUT2D eigenvalue weighted by Crippen LogP contribution is -2.11. The van der Waals surface area contributed by atoms with E-state index in [0.29, 0.717) is 5.02 Å². The largest absolute Gasteiger partial charge is 0.277 e. The van der Waals surface area contributed by atoms with Gasteiger partial charge >= 0.3 is 0 Å². The van der Waals surface area contributed by atoms with Gasteiger partial charge in [0, 0.05) is 4.88 Å². The lowest BCUT2D eigenvalue weighted by Gasteiger charge is -2.08. The molecule has 102 valence electrons. The van der Waals surface area contributed by atoms with E-state index in [9.17, 15) is 8.42 Å². The molecule has 0 aliphatic carbocycles. The van der Waals surface area contributed by atoms with Crippen LogP contribution < -0.4 is 4.72 Å². The fourth-order valence-corrected chi connectivity index (χ4v) is 4.24. The van der Waals surface area contributed by atoms with Gasteiger partial charge in [-0.1, -0.05) is 36.2 Å². The number of sulfonamides is 1. The first-order valence-electron chi connectivity index (χ1n) is 5.49. The molecule has 1 aromatic heterocycles. The minimum absolute atomic E-state index is 0.194. The third-order valence-corrected chi connectivity index (χ3v) is 6.35. The Balaban J connectivity index is 2.33. The highest BCUT2D eigenvalue weighted by Crippen LogP contribution is 2.32. The summed E-state index contributed by atoms with van der Waals surface area (Å²) in [5.74, 6) is 0. The Bertz CT molecular complexity index is 696. The Hall–Kier alpha value is -0.750. The van der Waals surface area contributed by atoms with Crippen LogP contribution in [0.5, 0.6) is 0 Å². The average molecular weight is 336 g/mol. The number of nitrogens with one attached hydrogen (secondary N) is 1. The molecule has 3 nitrogen and oxygen atoms in total. The molecule has 0 saturated heterocycles. The van der Waals surface area contributed by atoms with Crippen LogP contribution in [0.3, 0.4) is 0 Å². The minimum Gasteiger partial charge on any atom is -0.277 e. The fourth-order valence-electron chi connectivity index (χ4n) is 1.47. The van der Waals surface area contributed by atoms with Gasteiger partial charge in [0.1, 0.15) is 4.21 Å². The SMILES string of the molecule is CCc1ccc(S(=O)(=O)Nc2cccc(Cl)c2Cl)s1. The lowest BCUT2D eigenvalue weighted by atomic mass is 10.3. The molecule has 0 unspecified atom stereocenters. The molecule has 0 fully saturated rings. The van der Waals surface area contributed by atoms with Gasteiger partial charge in [-0.2, -0.15) is 0 Å². The molecule has 0 spiro atoms. The molecule has 0 amide bonds. The van der Waals surface area contributed by atoms with E-state index in [1.807, 2.05) is 6.92 Å². The van der Waals surface area contributed by atoms with Crippen molar-refractivity contribution in [2.75, 3.05) is 4.72 Å². The van der Waals surface area contributed by atoms with Crippen LogP contribution in [-0.4, -0.2) is 8.42 Å². The van der Waals surface area contributed by atoms with Crippen LogP contribution in [0.1, 0.15) is 11.8 Å². The molecule has 0 saturated carbocycles. The van der Waals surface area contributed by atoms with Crippen LogP contribution in [0.4, 0.5) is 5.69 Å². The van der Waals surface area contributed by atoms with Crippen molar-refractivity contribution in [1.29, 1.82) is 0 Å². The van der Waals surface area contributed by atoms with Gasteiger partial charge in [-0.3, -0.25) is 4.72 Å². The van der Waals surface area contributed by atoms with Crippen LogP contribution in [-0.2, 0) is 16.4 Å². The molecular weight excluding hydrogens is 325 g/mol. The van der Waals surface area contributed by atoms with E-state index < -0.39 is 10.0 Å². The summed E-state index contributed by atoms with van der Waals surface area (Å²) in [7, 11) is -3.62. The molecule has 0 aliphatic heterocycles. The monoisotopic (exact) mass is 335 g/mol. The third kappa shape index (κ3) is 3.23. The predicted molar refractivity (Wildman–Crippen MR) is 81.0 cm³/mol. The highest BCUT2D eigenvalue weighted by atomic mass is 35.5. The molecule has 0 radical (unpaired) electrons. The Labute approximate surface area is 126 Å². The number of thiophene rings is 1. The Morgan fingerprint density at radius 1 is 1.21 bits per heavy atom. The first-order chi connectivity index (χ1) is 8.94. The van der Waals surface area contributed by atoms with Gasteiger partial charge in [-0.25, -0.2) is 8.42 Å². The van der Waals surface area contributed by atoms with Crippen molar-refractivity contribution in [2.24, 2.45) is 0 Å². The summed E-state index contributed by atoms with van der Waals surface area (Å²) in [6.45, 7) is 1.98. The first-order valence-corrected chi connectivity index (χ1v) is 8.55. The molecule has 1 aromatic carbocycles. The van der Waals surface area contributed by atoms with E-state index in [4.69, 9.17) is 23.2 Å². The highest BCUT2D eigenvalue weighted by Gasteiger charge is 2.18.